The molecule has 10 N–H and O–H groups in total. The van der Waals surface area contributed by atoms with E-state index in [1.54, 1.807) is 0 Å². The lowest BCUT2D eigenvalue weighted by atomic mass is 9.98. The molecule has 11 atom stereocenters. The molecule has 23 heteroatoms. The lowest BCUT2D eigenvalue weighted by Crippen LogP contribution is -2.59. The predicted molar refractivity (Wildman–Crippen MR) is 384 cm³/mol. The maximum atomic E-state index is 12.8. The van der Waals surface area contributed by atoms with Crippen LogP contribution in [0.25, 0.3) is 0 Å². The van der Waals surface area contributed by atoms with E-state index in [1.807, 2.05) is 0 Å². The van der Waals surface area contributed by atoms with Crippen LogP contribution in [-0.2, 0) is 57.0 Å². The molecule has 3 aliphatic heterocycles. The van der Waals surface area contributed by atoms with Gasteiger partial charge in [0.1, 0.15) is 48.8 Å². The Hall–Kier alpha value is -2.86. The minimum Gasteiger partial charge on any atom is -0.394 e. The van der Waals surface area contributed by atoms with Crippen molar-refractivity contribution in [2.75, 3.05) is 119 Å². The summed E-state index contributed by atoms with van der Waals surface area (Å²) in [4.78, 5) is 28.1. The third-order valence-corrected chi connectivity index (χ3v) is 18.2. The summed E-state index contributed by atoms with van der Waals surface area (Å²) in [5.41, 5.74) is 0. The van der Waals surface area contributed by atoms with Crippen LogP contribution in [0.1, 0.15) is 232 Å². The van der Waals surface area contributed by atoms with E-state index in [0.717, 1.165) is 110 Å². The van der Waals surface area contributed by atoms with E-state index < -0.39 is 80.4 Å². The molecule has 4 unspecified atom stereocenters. The van der Waals surface area contributed by atoms with Crippen molar-refractivity contribution in [1.82, 2.24) is 15.5 Å². The third kappa shape index (κ3) is 44.5. The average Bonchev–Trinajstić information content (AvgIpc) is 1.41. The number of carbonyl (C=O) groups is 2. The van der Waals surface area contributed by atoms with Crippen LogP contribution in [0.3, 0.4) is 0 Å². The molecule has 3 rings (SSSR count). The largest absolute Gasteiger partial charge is 0.394 e. The number of aliphatic hydroxyl groups excluding tert-OH is 8. The van der Waals surface area contributed by atoms with Gasteiger partial charge >= 0.3 is 0 Å². The van der Waals surface area contributed by atoms with Crippen LogP contribution in [0.2, 0.25) is 0 Å². The Morgan fingerprint density at radius 3 is 1.20 bits per heavy atom. The first-order chi connectivity index (χ1) is 48.4. The summed E-state index contributed by atoms with van der Waals surface area (Å²) in [5.74, 6) is -0.607. The zero-order valence-electron chi connectivity index (χ0n) is 61.2. The quantitative estimate of drug-likeness (QED) is 0.0201. The van der Waals surface area contributed by atoms with Gasteiger partial charge in [-0.15, -0.1) is 0 Å². The highest BCUT2D eigenvalue weighted by atomic mass is 16.7. The molecule has 0 aromatic carbocycles. The van der Waals surface area contributed by atoms with Crippen LogP contribution in [-0.4, -0.2) is 249 Å². The summed E-state index contributed by atoms with van der Waals surface area (Å²) >= 11 is 0. The van der Waals surface area contributed by atoms with E-state index in [4.69, 9.17) is 47.4 Å². The summed E-state index contributed by atoms with van der Waals surface area (Å²) < 4.78 is 57.7. The molecule has 0 aromatic heterocycles. The Morgan fingerprint density at radius 1 is 0.434 bits per heavy atom. The molecular weight excluding hydrogens is 1270 g/mol. The molecule has 0 bridgehead atoms. The van der Waals surface area contributed by atoms with Gasteiger partial charge in [0.15, 0.2) is 18.4 Å². The van der Waals surface area contributed by atoms with Gasteiger partial charge in [-0.25, -0.2) is 0 Å². The Bertz CT molecular complexity index is 1900. The fraction of sp³-hybridized carbons (Fsp3) is 0.868. The first-order valence-electron chi connectivity index (χ1n) is 38.7. The fourth-order valence-corrected chi connectivity index (χ4v) is 12.2. The molecule has 578 valence electrons. The van der Waals surface area contributed by atoms with Crippen LogP contribution in [0.4, 0.5) is 0 Å². The minimum absolute atomic E-state index is 0.0235. The summed E-state index contributed by atoms with van der Waals surface area (Å²) in [5, 5.41) is 84.7. The number of aliphatic hydroxyl groups is 8. The second kappa shape index (κ2) is 61.4. The van der Waals surface area contributed by atoms with Crippen molar-refractivity contribution in [3.05, 3.63) is 48.6 Å². The number of allylic oxidation sites excluding steroid dienone is 8. The van der Waals surface area contributed by atoms with E-state index in [0.29, 0.717) is 59.0 Å². The molecule has 3 heterocycles. The molecule has 3 fully saturated rings. The second-order valence-electron chi connectivity index (χ2n) is 26.8. The Labute approximate surface area is 595 Å². The Balaban J connectivity index is 1.44. The summed E-state index contributed by atoms with van der Waals surface area (Å²) in [6.45, 7) is 9.44. The van der Waals surface area contributed by atoms with Gasteiger partial charge in [-0.1, -0.05) is 152 Å². The van der Waals surface area contributed by atoms with Gasteiger partial charge in [0.2, 0.25) is 11.8 Å². The lowest BCUT2D eigenvalue weighted by Gasteiger charge is -2.39. The summed E-state index contributed by atoms with van der Waals surface area (Å²) in [6.07, 6.45) is 41.9. The first-order valence-corrected chi connectivity index (χ1v) is 38.7. The number of unbranched alkanes of at least 4 members (excludes halogenated alkanes) is 22. The van der Waals surface area contributed by atoms with Crippen molar-refractivity contribution in [2.24, 2.45) is 0 Å². The fourth-order valence-electron chi connectivity index (χ4n) is 12.2. The van der Waals surface area contributed by atoms with E-state index in [-0.39, 0.29) is 57.6 Å². The van der Waals surface area contributed by atoms with Crippen LogP contribution in [0.15, 0.2) is 48.6 Å². The highest BCUT2D eigenvalue weighted by molar-refractivity contribution is 5.76. The van der Waals surface area contributed by atoms with Gasteiger partial charge in [0, 0.05) is 45.3 Å². The lowest BCUT2D eigenvalue weighted by molar-refractivity contribution is -0.302. The summed E-state index contributed by atoms with van der Waals surface area (Å²) in [7, 11) is 0. The van der Waals surface area contributed by atoms with Crippen LogP contribution >= 0.6 is 0 Å². The van der Waals surface area contributed by atoms with Gasteiger partial charge in [-0.3, -0.25) is 9.59 Å². The predicted octanol–water partition coefficient (Wildman–Crippen LogP) is 8.86. The number of hydrogen-bond donors (Lipinski definition) is 10. The number of nitrogens with zero attached hydrogens (tertiary/aromatic N) is 1. The summed E-state index contributed by atoms with van der Waals surface area (Å²) in [6, 6.07) is 0. The second-order valence-corrected chi connectivity index (χ2v) is 26.8. The molecule has 0 radical (unpaired) electrons. The third-order valence-electron chi connectivity index (χ3n) is 18.2. The smallest absolute Gasteiger partial charge is 0.220 e. The van der Waals surface area contributed by atoms with Crippen molar-refractivity contribution in [2.45, 2.75) is 305 Å². The number of amides is 2. The Kier molecular flexibility index (Phi) is 56.1. The molecule has 99 heavy (non-hydrogen) atoms. The van der Waals surface area contributed by atoms with Gasteiger partial charge in [0.25, 0.3) is 0 Å². The first kappa shape index (κ1) is 90.4. The van der Waals surface area contributed by atoms with E-state index in [1.165, 1.54) is 116 Å². The monoisotopic (exact) mass is 1410 g/mol. The van der Waals surface area contributed by atoms with Crippen LogP contribution < -0.4 is 10.6 Å². The van der Waals surface area contributed by atoms with Crippen molar-refractivity contribution in [3.8, 4) is 0 Å². The highest BCUT2D eigenvalue weighted by Crippen LogP contribution is 2.35. The zero-order chi connectivity index (χ0) is 71.5. The SMILES string of the molecule is CCCCC/C=C\C/C=C\CCCCCCCCC1(CCCCCCCC/C=C\C/C=C\CCCCC)OC[C@H](CN(CCCCCC(=O)NCCOCCOCCO[C@H]2OC(CO)[C@@H](O)C(O)[C@H]2O)CCCCCC(=O)NCCOCCOCCO[C@H]2OC(CO)[C@@H](O)C(O)[C@H]2O)O1. The van der Waals surface area contributed by atoms with Gasteiger partial charge in [-0.2, -0.15) is 0 Å². The number of nitrogens with one attached hydrogen (secondary N) is 2. The standard InChI is InChI=1S/C76H139N3O20/c1-3-5-7-9-11-13-15-17-19-21-23-25-27-29-31-37-43-76(44-38-32-30-28-26-24-22-20-18-16-14-12-10-8-6-4-2)96-62-63(99-76)59-79(47-39-33-35-41-66(82)77-45-49-90-51-53-92-55-57-94-74-72(88)70(86)68(84)64(60-80)97-74)48-40-34-36-42-67(83)78-46-50-91-52-54-93-56-58-95-75-73(89)71(87)69(85)65(61-81)98-75/h11-14,17-20,63-65,68-75,80-81,84-89H,3-10,15-16,21-62H2,1-2H3,(H,77,82)(H,78,83)/b13-11-,14-12-,19-17-,20-18-/t63-,64?,65?,68+,69+,70?,71?,72+,73+,74-,75-/m0/s1. The van der Waals surface area contributed by atoms with Gasteiger partial charge < -0.3 is 104 Å². The topological polar surface area (TPSA) is 316 Å². The van der Waals surface area contributed by atoms with Crippen molar-refractivity contribution >= 4 is 11.8 Å². The molecule has 3 saturated heterocycles. The molecule has 2 amide bonds. The average molecular weight is 1410 g/mol. The van der Waals surface area contributed by atoms with Crippen molar-refractivity contribution in [1.29, 1.82) is 0 Å². The number of hydrogen-bond acceptors (Lipinski definition) is 21. The molecule has 0 aromatic rings. The van der Waals surface area contributed by atoms with Gasteiger partial charge in [0.05, 0.1) is 92.0 Å². The van der Waals surface area contributed by atoms with E-state index >= 15 is 0 Å². The molecule has 0 saturated carbocycles. The Morgan fingerprint density at radius 2 is 0.798 bits per heavy atom. The van der Waals surface area contributed by atoms with Crippen molar-refractivity contribution < 1.29 is 97.8 Å². The zero-order valence-corrected chi connectivity index (χ0v) is 61.2. The van der Waals surface area contributed by atoms with Crippen LogP contribution in [0.5, 0.6) is 0 Å². The molecule has 0 aliphatic carbocycles. The van der Waals surface area contributed by atoms with E-state index in [9.17, 15) is 50.4 Å². The number of rotatable bonds is 66. The number of ether oxygens (including phenoxy) is 10. The number of carbonyl (C=O) groups excluding carboxylic acids is 2. The maximum absolute atomic E-state index is 12.8. The molecule has 23 nitrogen and oxygen atoms in total. The minimum atomic E-state index is -1.51. The maximum Gasteiger partial charge on any atom is 0.220 e. The molecular formula is C76H139N3O20. The van der Waals surface area contributed by atoms with Crippen molar-refractivity contribution in [3.63, 3.8) is 0 Å². The van der Waals surface area contributed by atoms with E-state index in [2.05, 4.69) is 78.0 Å². The molecule has 3 aliphatic rings. The highest BCUT2D eigenvalue weighted by Gasteiger charge is 2.45. The normalized spacial score (nSPS) is 23.5. The van der Waals surface area contributed by atoms with Crippen LogP contribution in [0, 0.1) is 0 Å². The molecule has 0 spiro atoms. The van der Waals surface area contributed by atoms with Gasteiger partial charge in [-0.05, 0) is 116 Å².